The molecule has 3 rings (SSSR count). The van der Waals surface area contributed by atoms with Crippen molar-refractivity contribution in [2.75, 3.05) is 23.9 Å². The van der Waals surface area contributed by atoms with Crippen molar-refractivity contribution < 1.29 is 24.2 Å². The van der Waals surface area contributed by atoms with E-state index in [2.05, 4.69) is 5.32 Å². The van der Waals surface area contributed by atoms with Crippen molar-refractivity contribution in [2.45, 2.75) is 6.42 Å². The van der Waals surface area contributed by atoms with Crippen molar-refractivity contribution in [3.63, 3.8) is 0 Å². The Bertz CT molecular complexity index is 865. The smallest absolute Gasteiger partial charge is 0.229 e. The number of methoxy groups -OCH3 is 1. The standard InChI is InChI=1S/C19H18N2O5/c1-26-16-8-3-2-7-15(16)21-11-13(10-17(21)22)18(23)20-14-6-4-5-12(9-14)19(24)25/h2-9,13H,10-11H2,1H3,(H,20,23)(H,24,25)/p-1/t13-/m1/s1. The molecule has 134 valence electrons. The highest BCUT2D eigenvalue weighted by atomic mass is 16.5. The van der Waals surface area contributed by atoms with Crippen LogP contribution in [0, 0.1) is 5.92 Å². The molecule has 0 saturated carbocycles. The molecule has 1 aliphatic rings. The summed E-state index contributed by atoms with van der Waals surface area (Å²) >= 11 is 0. The van der Waals surface area contributed by atoms with Gasteiger partial charge in [0.1, 0.15) is 5.75 Å². The first-order valence-electron chi connectivity index (χ1n) is 8.05. The highest BCUT2D eigenvalue weighted by molar-refractivity contribution is 6.04. The van der Waals surface area contributed by atoms with Crippen LogP contribution in [0.4, 0.5) is 11.4 Å². The minimum absolute atomic E-state index is 0.0269. The van der Waals surface area contributed by atoms with Gasteiger partial charge in [0.05, 0.1) is 24.7 Å². The maximum Gasteiger partial charge on any atom is 0.229 e. The molecule has 2 amide bonds. The van der Waals surface area contributed by atoms with E-state index in [1.807, 2.05) is 0 Å². The fourth-order valence-electron chi connectivity index (χ4n) is 2.94. The van der Waals surface area contributed by atoms with Crippen LogP contribution >= 0.6 is 0 Å². The zero-order valence-corrected chi connectivity index (χ0v) is 14.1. The summed E-state index contributed by atoms with van der Waals surface area (Å²) in [6, 6.07) is 12.9. The number of anilines is 2. The van der Waals surface area contributed by atoms with Gasteiger partial charge in [-0.05, 0) is 29.8 Å². The molecule has 1 fully saturated rings. The van der Waals surface area contributed by atoms with Gasteiger partial charge < -0.3 is 24.9 Å². The molecular weight excluding hydrogens is 336 g/mol. The summed E-state index contributed by atoms with van der Waals surface area (Å²) in [7, 11) is 1.52. The van der Waals surface area contributed by atoms with E-state index in [0.717, 1.165) is 0 Å². The molecule has 1 atom stereocenters. The Labute approximate surface area is 150 Å². The van der Waals surface area contributed by atoms with Crippen molar-refractivity contribution >= 4 is 29.2 Å². The molecule has 2 aromatic carbocycles. The molecule has 2 aromatic rings. The topological polar surface area (TPSA) is 98.8 Å². The number of aromatic carboxylic acids is 1. The van der Waals surface area contributed by atoms with Crippen molar-refractivity contribution in [3.8, 4) is 5.75 Å². The molecule has 1 saturated heterocycles. The zero-order valence-electron chi connectivity index (χ0n) is 14.1. The number of hydrogen-bond acceptors (Lipinski definition) is 5. The molecule has 7 heteroatoms. The lowest BCUT2D eigenvalue weighted by Crippen LogP contribution is -2.28. The van der Waals surface area contributed by atoms with Gasteiger partial charge in [0.2, 0.25) is 11.8 Å². The number of benzene rings is 2. The number of nitrogens with one attached hydrogen (secondary N) is 1. The predicted molar refractivity (Wildman–Crippen MR) is 92.9 cm³/mol. The van der Waals surface area contributed by atoms with Crippen molar-refractivity contribution in [2.24, 2.45) is 5.92 Å². The fourth-order valence-corrected chi connectivity index (χ4v) is 2.94. The Kier molecular flexibility index (Phi) is 4.88. The van der Waals surface area contributed by atoms with E-state index in [1.165, 1.54) is 30.2 Å². The number of amides is 2. The average molecular weight is 353 g/mol. The van der Waals surface area contributed by atoms with Gasteiger partial charge in [-0.15, -0.1) is 0 Å². The summed E-state index contributed by atoms with van der Waals surface area (Å²) < 4.78 is 5.28. The van der Waals surface area contributed by atoms with Gasteiger partial charge in [-0.1, -0.05) is 24.3 Å². The number of carboxylic acids is 1. The second-order valence-corrected chi connectivity index (χ2v) is 5.93. The molecule has 0 aliphatic carbocycles. The van der Waals surface area contributed by atoms with Crippen LogP contribution in [0.15, 0.2) is 48.5 Å². The molecule has 0 radical (unpaired) electrons. The van der Waals surface area contributed by atoms with Crippen LogP contribution in [0.1, 0.15) is 16.8 Å². The first kappa shape index (κ1) is 17.5. The number of nitrogens with zero attached hydrogens (tertiary/aromatic N) is 1. The molecule has 26 heavy (non-hydrogen) atoms. The lowest BCUT2D eigenvalue weighted by molar-refractivity contribution is -0.255. The van der Waals surface area contributed by atoms with E-state index in [0.29, 0.717) is 17.1 Å². The van der Waals surface area contributed by atoms with Crippen LogP contribution in [0.25, 0.3) is 0 Å². The quantitative estimate of drug-likeness (QED) is 0.866. The molecule has 1 heterocycles. The number of para-hydroxylation sites is 2. The highest BCUT2D eigenvalue weighted by Gasteiger charge is 2.36. The Morgan fingerprint density at radius 2 is 1.96 bits per heavy atom. The van der Waals surface area contributed by atoms with Crippen LogP contribution in [-0.2, 0) is 9.59 Å². The van der Waals surface area contributed by atoms with E-state index in [-0.39, 0.29) is 30.3 Å². The van der Waals surface area contributed by atoms with Crippen LogP contribution in [0.2, 0.25) is 0 Å². The first-order chi connectivity index (χ1) is 12.5. The maximum atomic E-state index is 12.5. The number of rotatable bonds is 5. The number of carboxylic acid groups (broad SMARTS) is 1. The van der Waals surface area contributed by atoms with Gasteiger partial charge in [0, 0.05) is 18.7 Å². The van der Waals surface area contributed by atoms with Crippen molar-refractivity contribution in [1.82, 2.24) is 0 Å². The Balaban J connectivity index is 1.73. The molecule has 1 N–H and O–H groups in total. The molecular formula is C19H17N2O5-. The summed E-state index contributed by atoms with van der Waals surface area (Å²) in [4.78, 5) is 37.3. The lowest BCUT2D eigenvalue weighted by atomic mass is 10.1. The molecule has 7 nitrogen and oxygen atoms in total. The molecule has 0 aromatic heterocycles. The Hall–Kier alpha value is -3.35. The second kappa shape index (κ2) is 7.26. The monoisotopic (exact) mass is 353 g/mol. The van der Waals surface area contributed by atoms with Crippen molar-refractivity contribution in [3.05, 3.63) is 54.1 Å². The minimum atomic E-state index is -1.32. The first-order valence-corrected chi connectivity index (χ1v) is 8.05. The third-order valence-electron chi connectivity index (χ3n) is 4.24. The third kappa shape index (κ3) is 3.51. The number of ether oxygens (including phenoxy) is 1. The number of carbonyl (C=O) groups is 3. The summed E-state index contributed by atoms with van der Waals surface area (Å²) in [6.07, 6.45) is 0.0735. The van der Waals surface area contributed by atoms with Gasteiger partial charge in [-0.3, -0.25) is 9.59 Å². The normalized spacial score (nSPS) is 16.4. The largest absolute Gasteiger partial charge is 0.545 e. The van der Waals surface area contributed by atoms with Crippen LogP contribution in [-0.4, -0.2) is 31.4 Å². The van der Waals surface area contributed by atoms with E-state index < -0.39 is 11.9 Å². The van der Waals surface area contributed by atoms with Gasteiger partial charge in [-0.2, -0.15) is 0 Å². The minimum Gasteiger partial charge on any atom is -0.545 e. The SMILES string of the molecule is COc1ccccc1N1C[C@H](C(=O)Nc2cccc(C(=O)[O-])c2)CC1=O. The van der Waals surface area contributed by atoms with E-state index in [1.54, 1.807) is 30.3 Å². The summed E-state index contributed by atoms with van der Waals surface area (Å²) in [5.41, 5.74) is 0.940. The summed E-state index contributed by atoms with van der Waals surface area (Å²) in [6.45, 7) is 0.227. The van der Waals surface area contributed by atoms with E-state index in [4.69, 9.17) is 4.74 Å². The zero-order chi connectivity index (χ0) is 18.7. The fraction of sp³-hybridized carbons (Fsp3) is 0.211. The molecule has 0 unspecified atom stereocenters. The van der Waals surface area contributed by atoms with Gasteiger partial charge in [0.25, 0.3) is 0 Å². The summed E-state index contributed by atoms with van der Waals surface area (Å²) in [5.74, 6) is -1.81. The third-order valence-corrected chi connectivity index (χ3v) is 4.24. The van der Waals surface area contributed by atoms with Gasteiger partial charge in [-0.25, -0.2) is 0 Å². The van der Waals surface area contributed by atoms with Crippen LogP contribution in [0.3, 0.4) is 0 Å². The predicted octanol–water partition coefficient (Wildman–Crippen LogP) is 1.05. The number of hydrogen-bond donors (Lipinski definition) is 1. The van der Waals surface area contributed by atoms with Crippen molar-refractivity contribution in [1.29, 1.82) is 0 Å². The molecule has 0 spiro atoms. The lowest BCUT2D eigenvalue weighted by Gasteiger charge is -2.19. The maximum absolute atomic E-state index is 12.5. The van der Waals surface area contributed by atoms with Gasteiger partial charge in [0.15, 0.2) is 0 Å². The highest BCUT2D eigenvalue weighted by Crippen LogP contribution is 2.33. The molecule has 0 bridgehead atoms. The molecule has 1 aliphatic heterocycles. The van der Waals surface area contributed by atoms with Crippen LogP contribution in [0.5, 0.6) is 5.75 Å². The van der Waals surface area contributed by atoms with E-state index in [9.17, 15) is 19.5 Å². The summed E-state index contributed by atoms with van der Waals surface area (Å²) in [5, 5.41) is 13.6. The Morgan fingerprint density at radius 3 is 2.69 bits per heavy atom. The Morgan fingerprint density at radius 1 is 1.19 bits per heavy atom. The van der Waals surface area contributed by atoms with Gasteiger partial charge >= 0.3 is 0 Å². The van der Waals surface area contributed by atoms with Crippen LogP contribution < -0.4 is 20.1 Å². The van der Waals surface area contributed by atoms with E-state index >= 15 is 0 Å². The average Bonchev–Trinajstić information content (AvgIpc) is 3.03. The number of carbonyl (C=O) groups excluding carboxylic acids is 3. The second-order valence-electron chi connectivity index (χ2n) is 5.93.